The molecule has 316 valence electrons. The summed E-state index contributed by atoms with van der Waals surface area (Å²) in [5, 5.41) is 8.88. The van der Waals surface area contributed by atoms with Gasteiger partial charge in [0.1, 0.15) is 12.6 Å². The van der Waals surface area contributed by atoms with Crippen molar-refractivity contribution < 1.29 is 47.5 Å². The summed E-state index contributed by atoms with van der Waals surface area (Å²) < 4.78 is 32.6. The molecule has 4 N–H and O–H groups in total. The van der Waals surface area contributed by atoms with Gasteiger partial charge in [-0.2, -0.15) is 0 Å². The number of phosphoric ester groups is 1. The Morgan fingerprint density at radius 3 is 1.35 bits per heavy atom. The van der Waals surface area contributed by atoms with Gasteiger partial charge >= 0.3 is 25.7 Å². The topological polar surface area (TPSA) is 172 Å². The standard InChI is InChI=1S/C42H78NO10P/c1-3-5-7-9-11-13-15-17-19-21-23-25-27-29-31-33-40(44)50-35-38(36-51-54(48,49)52-37-39(43)42(46)47)53-41(45)34-32-30-28-26-24-22-20-18-16-14-12-10-8-6-4-2/h17-20,38-39H,3-16,21-37,43H2,1-2H3,(H,46,47)(H,48,49)/b19-17-,20-18-/t38?,39-/m0/s1. The van der Waals surface area contributed by atoms with E-state index in [1.54, 1.807) is 0 Å². The Hall–Kier alpha value is -2.04. The number of carbonyl (C=O) groups is 3. The third kappa shape index (κ3) is 36.9. The van der Waals surface area contributed by atoms with E-state index in [1.165, 1.54) is 77.0 Å². The van der Waals surface area contributed by atoms with Crippen LogP contribution in [0.1, 0.15) is 194 Å². The molecular formula is C42H78NO10P. The largest absolute Gasteiger partial charge is 0.480 e. The Labute approximate surface area is 328 Å². The fraction of sp³-hybridized carbons (Fsp3) is 0.833. The molecule has 0 aromatic heterocycles. The van der Waals surface area contributed by atoms with E-state index in [-0.39, 0.29) is 19.4 Å². The summed E-state index contributed by atoms with van der Waals surface area (Å²) >= 11 is 0. The third-order valence-corrected chi connectivity index (χ3v) is 10.1. The Morgan fingerprint density at radius 2 is 0.926 bits per heavy atom. The lowest BCUT2D eigenvalue weighted by molar-refractivity contribution is -0.161. The van der Waals surface area contributed by atoms with Crippen molar-refractivity contribution in [2.45, 2.75) is 206 Å². The van der Waals surface area contributed by atoms with E-state index in [0.29, 0.717) is 12.8 Å². The smallest absolute Gasteiger partial charge is 0.472 e. The highest BCUT2D eigenvalue weighted by Gasteiger charge is 2.28. The van der Waals surface area contributed by atoms with Gasteiger partial charge in [0, 0.05) is 12.8 Å². The molecule has 0 fully saturated rings. The van der Waals surface area contributed by atoms with Gasteiger partial charge in [0.25, 0.3) is 0 Å². The second kappa shape index (κ2) is 37.9. The van der Waals surface area contributed by atoms with E-state index in [0.717, 1.165) is 77.0 Å². The van der Waals surface area contributed by atoms with Crippen LogP contribution in [0, 0.1) is 0 Å². The van der Waals surface area contributed by atoms with Gasteiger partial charge in [0.15, 0.2) is 6.10 Å². The highest BCUT2D eigenvalue weighted by Crippen LogP contribution is 2.43. The molecule has 0 aromatic rings. The zero-order valence-electron chi connectivity index (χ0n) is 34.1. The molecule has 11 nitrogen and oxygen atoms in total. The molecule has 54 heavy (non-hydrogen) atoms. The van der Waals surface area contributed by atoms with Crippen molar-refractivity contribution in [2.24, 2.45) is 5.73 Å². The Bertz CT molecular complexity index is 1020. The summed E-state index contributed by atoms with van der Waals surface area (Å²) in [5.41, 5.74) is 5.33. The summed E-state index contributed by atoms with van der Waals surface area (Å²) in [4.78, 5) is 45.9. The normalized spacial score (nSPS) is 14.0. The van der Waals surface area contributed by atoms with E-state index in [2.05, 4.69) is 42.7 Å². The number of nitrogens with two attached hydrogens (primary N) is 1. The first-order chi connectivity index (χ1) is 26.1. The lowest BCUT2D eigenvalue weighted by atomic mass is 10.1. The number of carbonyl (C=O) groups excluding carboxylic acids is 2. The maximum atomic E-state index is 12.6. The predicted octanol–water partition coefficient (Wildman–Crippen LogP) is 11.1. The van der Waals surface area contributed by atoms with Gasteiger partial charge in [-0.3, -0.25) is 23.4 Å². The number of carboxylic acids is 1. The van der Waals surface area contributed by atoms with Crippen molar-refractivity contribution >= 4 is 25.7 Å². The van der Waals surface area contributed by atoms with Crippen molar-refractivity contribution in [3.8, 4) is 0 Å². The number of phosphoric acid groups is 1. The second-order valence-electron chi connectivity index (χ2n) is 14.5. The van der Waals surface area contributed by atoms with Crippen molar-refractivity contribution in [1.29, 1.82) is 0 Å². The number of rotatable bonds is 40. The van der Waals surface area contributed by atoms with E-state index < -0.39 is 51.1 Å². The van der Waals surface area contributed by atoms with Crippen LogP contribution in [0.15, 0.2) is 24.3 Å². The Morgan fingerprint density at radius 1 is 0.556 bits per heavy atom. The molecule has 0 saturated heterocycles. The SMILES string of the molecule is CCCCCCCC/C=C\CCCCCCCC(=O)OCC(COP(=O)(O)OC[C@H](N)C(=O)O)OC(=O)CCCCCCC/C=C\CCCCCCCC. The van der Waals surface area contributed by atoms with Crippen molar-refractivity contribution in [3.05, 3.63) is 24.3 Å². The average molecular weight is 788 g/mol. The molecule has 12 heteroatoms. The van der Waals surface area contributed by atoms with Crippen LogP contribution in [0.3, 0.4) is 0 Å². The Kier molecular flexibility index (Phi) is 36.4. The maximum absolute atomic E-state index is 12.6. The number of unbranched alkanes of at least 4 members (excludes halogenated alkanes) is 22. The highest BCUT2D eigenvalue weighted by atomic mass is 31.2. The molecular weight excluding hydrogens is 709 g/mol. The average Bonchev–Trinajstić information content (AvgIpc) is 3.14. The molecule has 0 aliphatic heterocycles. The van der Waals surface area contributed by atoms with Crippen LogP contribution in [-0.2, 0) is 37.5 Å². The molecule has 0 rings (SSSR count). The fourth-order valence-corrected chi connectivity index (χ4v) is 6.54. The van der Waals surface area contributed by atoms with Crippen LogP contribution in [0.25, 0.3) is 0 Å². The number of hydrogen-bond donors (Lipinski definition) is 3. The van der Waals surface area contributed by atoms with Crippen molar-refractivity contribution in [3.63, 3.8) is 0 Å². The van der Waals surface area contributed by atoms with E-state index >= 15 is 0 Å². The molecule has 0 spiro atoms. The number of esters is 2. The minimum absolute atomic E-state index is 0.151. The molecule has 0 amide bonds. The Balaban J connectivity index is 4.40. The molecule has 0 aliphatic carbocycles. The van der Waals surface area contributed by atoms with Crippen LogP contribution in [-0.4, -0.2) is 59.9 Å². The lowest BCUT2D eigenvalue weighted by Gasteiger charge is -2.20. The molecule has 2 unspecified atom stereocenters. The summed E-state index contributed by atoms with van der Waals surface area (Å²) in [6, 6.07) is -1.52. The van der Waals surface area contributed by atoms with Gasteiger partial charge in [0.05, 0.1) is 13.2 Å². The van der Waals surface area contributed by atoms with Crippen molar-refractivity contribution in [1.82, 2.24) is 0 Å². The van der Waals surface area contributed by atoms with E-state index in [1.807, 2.05) is 0 Å². The summed E-state index contributed by atoms with van der Waals surface area (Å²) in [5.74, 6) is -2.39. The summed E-state index contributed by atoms with van der Waals surface area (Å²) in [7, 11) is -4.71. The first-order valence-corrected chi connectivity index (χ1v) is 22.9. The van der Waals surface area contributed by atoms with E-state index in [9.17, 15) is 23.8 Å². The van der Waals surface area contributed by atoms with Gasteiger partial charge < -0.3 is 25.2 Å². The fourth-order valence-electron chi connectivity index (χ4n) is 5.76. The number of carboxylic acid groups (broad SMARTS) is 1. The van der Waals surface area contributed by atoms with E-state index in [4.69, 9.17) is 24.8 Å². The maximum Gasteiger partial charge on any atom is 0.472 e. The number of hydrogen-bond acceptors (Lipinski definition) is 9. The van der Waals surface area contributed by atoms with Crippen LogP contribution >= 0.6 is 7.82 Å². The first-order valence-electron chi connectivity index (χ1n) is 21.4. The number of ether oxygens (including phenoxy) is 2. The zero-order chi connectivity index (χ0) is 40.0. The molecule has 3 atom stereocenters. The number of aliphatic carboxylic acids is 1. The van der Waals surface area contributed by atoms with Gasteiger partial charge in [0.2, 0.25) is 0 Å². The van der Waals surface area contributed by atoms with Gasteiger partial charge in [-0.1, -0.05) is 141 Å². The van der Waals surface area contributed by atoms with Crippen LogP contribution in [0.4, 0.5) is 0 Å². The van der Waals surface area contributed by atoms with Gasteiger partial charge in [-0.15, -0.1) is 0 Å². The molecule has 0 aliphatic rings. The summed E-state index contributed by atoms with van der Waals surface area (Å²) in [6.45, 7) is 2.78. The first kappa shape index (κ1) is 52.0. The molecule has 0 heterocycles. The summed E-state index contributed by atoms with van der Waals surface area (Å²) in [6.07, 6.45) is 38.1. The van der Waals surface area contributed by atoms with Crippen LogP contribution in [0.2, 0.25) is 0 Å². The lowest BCUT2D eigenvalue weighted by Crippen LogP contribution is -2.34. The number of allylic oxidation sites excluding steroid dienone is 4. The zero-order valence-corrected chi connectivity index (χ0v) is 35.0. The molecule has 0 saturated carbocycles. The molecule has 0 bridgehead atoms. The second-order valence-corrected chi connectivity index (χ2v) is 15.9. The van der Waals surface area contributed by atoms with Gasteiger partial charge in [-0.25, -0.2) is 4.57 Å². The van der Waals surface area contributed by atoms with Crippen molar-refractivity contribution in [2.75, 3.05) is 19.8 Å². The van der Waals surface area contributed by atoms with Gasteiger partial charge in [-0.05, 0) is 64.2 Å². The third-order valence-electron chi connectivity index (χ3n) is 9.17. The van der Waals surface area contributed by atoms with Crippen LogP contribution < -0.4 is 5.73 Å². The monoisotopic (exact) mass is 788 g/mol. The minimum atomic E-state index is -4.71. The highest BCUT2D eigenvalue weighted by molar-refractivity contribution is 7.47. The quantitative estimate of drug-likeness (QED) is 0.0233. The molecule has 0 radical (unpaired) electrons. The molecule has 0 aromatic carbocycles. The minimum Gasteiger partial charge on any atom is -0.480 e. The predicted molar refractivity (Wildman–Crippen MR) is 217 cm³/mol. The van der Waals surface area contributed by atoms with Crippen LogP contribution in [0.5, 0.6) is 0 Å².